The molecule has 2 aromatic heterocycles. The second kappa shape index (κ2) is 10.8. The molecule has 44 heavy (non-hydrogen) atoms. The van der Waals surface area contributed by atoms with Crippen LogP contribution >= 0.6 is 0 Å². The first-order valence-corrected chi connectivity index (χ1v) is 14.4. The van der Waals surface area contributed by atoms with Gasteiger partial charge in [-0.15, -0.1) is 0 Å². The van der Waals surface area contributed by atoms with E-state index in [4.69, 9.17) is 10.3 Å². The van der Waals surface area contributed by atoms with Crippen LogP contribution in [-0.4, -0.2) is 56.6 Å². The molecule has 7 rings (SSSR count). The molecule has 3 N–H and O–H groups in total. The smallest absolute Gasteiger partial charge is 0.392 e. The van der Waals surface area contributed by atoms with Crippen LogP contribution in [0.25, 0.3) is 27.8 Å². The fourth-order valence-electron chi connectivity index (χ4n) is 6.25. The van der Waals surface area contributed by atoms with E-state index in [1.54, 1.807) is 0 Å². The maximum absolute atomic E-state index is 14.2. The number of benzene rings is 3. The average molecular weight is 603 g/mol. The highest BCUT2D eigenvalue weighted by atomic mass is 19.4. The van der Waals surface area contributed by atoms with Crippen molar-refractivity contribution >= 4 is 28.4 Å². The summed E-state index contributed by atoms with van der Waals surface area (Å²) in [5.74, 6) is -0.483. The van der Waals surface area contributed by atoms with Gasteiger partial charge in [0.2, 0.25) is 0 Å². The average Bonchev–Trinajstić information content (AvgIpc) is 3.69. The number of carbonyl (C=O) groups excluding carboxylic acids is 1. The number of hydrogen-bond acceptors (Lipinski definition) is 7. The van der Waals surface area contributed by atoms with Gasteiger partial charge in [0.25, 0.3) is 5.91 Å². The number of rotatable bonds is 5. The number of anilines is 2. The van der Waals surface area contributed by atoms with E-state index in [1.165, 1.54) is 23.1 Å². The molecule has 1 amide bonds. The van der Waals surface area contributed by atoms with E-state index in [0.717, 1.165) is 34.3 Å². The van der Waals surface area contributed by atoms with E-state index < -0.39 is 17.8 Å². The molecule has 0 bridgehead atoms. The van der Waals surface area contributed by atoms with E-state index in [2.05, 4.69) is 21.2 Å². The zero-order valence-electron chi connectivity index (χ0n) is 23.6. The Kier molecular flexibility index (Phi) is 6.90. The van der Waals surface area contributed by atoms with Crippen LogP contribution in [0.2, 0.25) is 0 Å². The number of alkyl halides is 3. The number of hydrogen-bond donors (Lipinski definition) is 2. The largest absolute Gasteiger partial charge is 0.435 e. The van der Waals surface area contributed by atoms with Crippen molar-refractivity contribution in [1.29, 1.82) is 0 Å². The highest BCUT2D eigenvalue weighted by molar-refractivity contribution is 6.07. The van der Waals surface area contributed by atoms with Crippen LogP contribution in [0.5, 0.6) is 0 Å². The second-order valence-corrected chi connectivity index (χ2v) is 11.3. The Balaban J connectivity index is 1.24. The highest BCUT2D eigenvalue weighted by Gasteiger charge is 2.42. The van der Waals surface area contributed by atoms with Crippen molar-refractivity contribution in [3.63, 3.8) is 0 Å². The number of aliphatic hydroxyl groups is 1. The predicted octanol–water partition coefficient (Wildman–Crippen LogP) is 5.44. The first kappa shape index (κ1) is 28.1. The summed E-state index contributed by atoms with van der Waals surface area (Å²) in [5, 5.41) is 18.0. The van der Waals surface area contributed by atoms with Gasteiger partial charge in [0.05, 0.1) is 17.2 Å². The Morgan fingerprint density at radius 2 is 1.80 bits per heavy atom. The summed E-state index contributed by atoms with van der Waals surface area (Å²) in [5.41, 5.74) is 8.87. The number of halogens is 3. The van der Waals surface area contributed by atoms with Crippen LogP contribution in [0, 0.1) is 0 Å². The van der Waals surface area contributed by atoms with Crippen LogP contribution in [-0.2, 0) is 19.1 Å². The fourth-order valence-corrected chi connectivity index (χ4v) is 6.25. The van der Waals surface area contributed by atoms with E-state index >= 15 is 0 Å². The molecule has 0 radical (unpaired) electrons. The number of likely N-dealkylation sites (tertiary alicyclic amines) is 1. The lowest BCUT2D eigenvalue weighted by molar-refractivity contribution is -0.142. The number of aliphatic hydroxyl groups excluding tert-OH is 1. The summed E-state index contributed by atoms with van der Waals surface area (Å²) in [4.78, 5) is 17.8. The lowest BCUT2D eigenvalue weighted by atomic mass is 9.99. The lowest BCUT2D eigenvalue weighted by Gasteiger charge is -2.22. The third kappa shape index (κ3) is 4.99. The van der Waals surface area contributed by atoms with Crippen molar-refractivity contribution in [3.8, 4) is 16.8 Å². The summed E-state index contributed by atoms with van der Waals surface area (Å²) in [6, 6.07) is 20.1. The molecule has 9 nitrogen and oxygen atoms in total. The first-order valence-electron chi connectivity index (χ1n) is 14.4. The van der Waals surface area contributed by atoms with E-state index in [9.17, 15) is 23.1 Å². The molecule has 4 heterocycles. The highest BCUT2D eigenvalue weighted by Crippen LogP contribution is 2.38. The second-order valence-electron chi connectivity index (χ2n) is 11.3. The number of nitrogens with two attached hydrogens (primary N) is 1. The molecular weight excluding hydrogens is 573 g/mol. The quantitative estimate of drug-likeness (QED) is 0.275. The van der Waals surface area contributed by atoms with Crippen LogP contribution < -0.4 is 10.6 Å². The van der Waals surface area contributed by atoms with Crippen molar-refractivity contribution in [3.05, 3.63) is 89.2 Å². The standard InChI is InChI=1S/C32H29F3N6O3/c33-32(34,35)29-25-6-3-14-40(31(43)28(25)41(37-29)22-11-12-27-26(16-22)30(36)38-44-27)21-9-7-19(8-10-21)24-5-2-1-4-20(24)17-39-15-13-23(42)18-39/h1-2,4-5,7-12,16,23,42H,3,6,13-15,17-18H2,(H2,36,38). The zero-order chi connectivity index (χ0) is 30.6. The molecular formula is C32H29F3N6O3. The molecule has 0 spiro atoms. The van der Waals surface area contributed by atoms with Gasteiger partial charge in [-0.3, -0.25) is 9.69 Å². The van der Waals surface area contributed by atoms with Gasteiger partial charge in [-0.2, -0.15) is 18.3 Å². The van der Waals surface area contributed by atoms with Gasteiger partial charge in [-0.1, -0.05) is 41.6 Å². The van der Waals surface area contributed by atoms with Gasteiger partial charge < -0.3 is 20.3 Å². The summed E-state index contributed by atoms with van der Waals surface area (Å²) in [6.07, 6.45) is -3.92. The monoisotopic (exact) mass is 602 g/mol. The van der Waals surface area contributed by atoms with Gasteiger partial charge in [-0.25, -0.2) is 4.68 Å². The van der Waals surface area contributed by atoms with Gasteiger partial charge >= 0.3 is 6.18 Å². The summed E-state index contributed by atoms with van der Waals surface area (Å²) < 4.78 is 48.7. The van der Waals surface area contributed by atoms with Crippen LogP contribution in [0.4, 0.5) is 24.7 Å². The van der Waals surface area contributed by atoms with Crippen LogP contribution in [0.3, 0.4) is 0 Å². The number of aromatic nitrogens is 3. The van der Waals surface area contributed by atoms with Crippen molar-refractivity contribution in [2.75, 3.05) is 30.3 Å². The zero-order valence-corrected chi connectivity index (χ0v) is 23.6. The van der Waals surface area contributed by atoms with Crippen molar-refractivity contribution < 1.29 is 27.6 Å². The van der Waals surface area contributed by atoms with Crippen LogP contribution in [0.15, 0.2) is 71.3 Å². The Hall–Kier alpha value is -4.68. The Morgan fingerprint density at radius 3 is 2.55 bits per heavy atom. The number of nitrogen functional groups attached to an aromatic ring is 1. The Morgan fingerprint density at radius 1 is 1.02 bits per heavy atom. The molecule has 3 aromatic carbocycles. The van der Waals surface area contributed by atoms with Gasteiger partial charge in [0, 0.05) is 37.4 Å². The van der Waals surface area contributed by atoms with Crippen LogP contribution in [0.1, 0.15) is 40.2 Å². The van der Waals surface area contributed by atoms with Gasteiger partial charge in [-0.05, 0) is 66.3 Å². The molecule has 226 valence electrons. The molecule has 5 aromatic rings. The normalized spacial score (nSPS) is 17.8. The Labute approximate surface area is 250 Å². The lowest BCUT2D eigenvalue weighted by Crippen LogP contribution is -2.32. The molecule has 1 unspecified atom stereocenters. The third-order valence-corrected chi connectivity index (χ3v) is 8.38. The molecule has 0 saturated carbocycles. The summed E-state index contributed by atoms with van der Waals surface area (Å²) >= 11 is 0. The van der Waals surface area contributed by atoms with Crippen molar-refractivity contribution in [1.82, 2.24) is 19.8 Å². The van der Waals surface area contributed by atoms with Crippen molar-refractivity contribution in [2.24, 2.45) is 0 Å². The maximum Gasteiger partial charge on any atom is 0.435 e. The molecule has 2 aliphatic heterocycles. The SMILES string of the molecule is Nc1noc2ccc(-n3nc(C(F)(F)F)c4c3C(=O)N(c3ccc(-c5ccccc5CN5CCC(O)C5)cc3)CCC4)cc12. The summed E-state index contributed by atoms with van der Waals surface area (Å²) in [6.45, 7) is 2.43. The van der Waals surface area contributed by atoms with E-state index in [1.807, 2.05) is 42.5 Å². The van der Waals surface area contributed by atoms with Crippen molar-refractivity contribution in [2.45, 2.75) is 38.1 Å². The number of amides is 1. The molecule has 1 atom stereocenters. The fraction of sp³-hybridized carbons (Fsp3) is 0.281. The number of carbonyl (C=O) groups is 1. The topological polar surface area (TPSA) is 114 Å². The van der Waals surface area contributed by atoms with Gasteiger partial charge in [0.15, 0.2) is 17.1 Å². The Bertz CT molecular complexity index is 1860. The van der Waals surface area contributed by atoms with Gasteiger partial charge in [0.1, 0.15) is 5.69 Å². The minimum Gasteiger partial charge on any atom is -0.392 e. The first-order chi connectivity index (χ1) is 21.2. The molecule has 0 aliphatic carbocycles. The van der Waals surface area contributed by atoms with E-state index in [0.29, 0.717) is 36.2 Å². The molecule has 1 fully saturated rings. The maximum atomic E-state index is 14.2. The third-order valence-electron chi connectivity index (χ3n) is 8.38. The number of fused-ring (bicyclic) bond motifs is 2. The molecule has 12 heteroatoms. The number of β-amino-alcohol motifs (C(OH)–C–C–N with tert-alkyl or cyclic N) is 1. The van der Waals surface area contributed by atoms with E-state index in [-0.39, 0.29) is 41.8 Å². The molecule has 2 aliphatic rings. The number of nitrogens with zero attached hydrogens (tertiary/aromatic N) is 5. The summed E-state index contributed by atoms with van der Waals surface area (Å²) in [7, 11) is 0. The molecule has 1 saturated heterocycles. The predicted molar refractivity (Wildman–Crippen MR) is 158 cm³/mol. The minimum atomic E-state index is -4.74. The minimum absolute atomic E-state index is 0.0424.